The SMILES string of the molecule is CN=C(NCc1cccc(C)c1)NCc1cccc(OCc2ccccn2)c1.I. The van der Waals surface area contributed by atoms with Gasteiger partial charge in [0.1, 0.15) is 12.4 Å². The number of aryl methyl sites for hydroxylation is 1. The fraction of sp³-hybridized carbons (Fsp3) is 0.217. The van der Waals surface area contributed by atoms with Crippen molar-refractivity contribution in [1.82, 2.24) is 15.6 Å². The molecule has 152 valence electrons. The summed E-state index contributed by atoms with van der Waals surface area (Å²) in [5.41, 5.74) is 4.52. The molecule has 29 heavy (non-hydrogen) atoms. The fourth-order valence-electron chi connectivity index (χ4n) is 2.80. The minimum atomic E-state index is 0. The van der Waals surface area contributed by atoms with E-state index in [4.69, 9.17) is 4.74 Å². The quantitative estimate of drug-likeness (QED) is 0.285. The Morgan fingerprint density at radius 3 is 2.31 bits per heavy atom. The van der Waals surface area contributed by atoms with E-state index in [1.165, 1.54) is 11.1 Å². The van der Waals surface area contributed by atoms with Gasteiger partial charge in [0.15, 0.2) is 5.96 Å². The summed E-state index contributed by atoms with van der Waals surface area (Å²) in [7, 11) is 1.78. The molecule has 0 aliphatic heterocycles. The topological polar surface area (TPSA) is 58.5 Å². The van der Waals surface area contributed by atoms with Gasteiger partial charge >= 0.3 is 0 Å². The van der Waals surface area contributed by atoms with Gasteiger partial charge in [0.2, 0.25) is 0 Å². The number of halogens is 1. The largest absolute Gasteiger partial charge is 0.487 e. The van der Waals surface area contributed by atoms with Gasteiger partial charge in [0.05, 0.1) is 5.69 Å². The first kappa shape index (κ1) is 22.7. The average Bonchev–Trinajstić information content (AvgIpc) is 2.73. The summed E-state index contributed by atoms with van der Waals surface area (Å²) < 4.78 is 5.85. The fourth-order valence-corrected chi connectivity index (χ4v) is 2.80. The van der Waals surface area contributed by atoms with E-state index in [1.807, 2.05) is 36.4 Å². The lowest BCUT2D eigenvalue weighted by Crippen LogP contribution is -2.36. The van der Waals surface area contributed by atoms with Gasteiger partial charge in [-0.1, -0.05) is 48.0 Å². The maximum Gasteiger partial charge on any atom is 0.191 e. The molecule has 0 amide bonds. The van der Waals surface area contributed by atoms with Gasteiger partial charge in [-0.3, -0.25) is 9.98 Å². The number of aromatic nitrogens is 1. The maximum absolute atomic E-state index is 5.85. The Balaban J connectivity index is 0.00000300. The number of nitrogens with zero attached hydrogens (tertiary/aromatic N) is 2. The van der Waals surface area contributed by atoms with Gasteiger partial charge in [0.25, 0.3) is 0 Å². The van der Waals surface area contributed by atoms with Crippen LogP contribution >= 0.6 is 24.0 Å². The lowest BCUT2D eigenvalue weighted by Gasteiger charge is -2.13. The first-order valence-corrected chi connectivity index (χ1v) is 9.34. The lowest BCUT2D eigenvalue weighted by atomic mass is 10.1. The van der Waals surface area contributed by atoms with E-state index in [-0.39, 0.29) is 24.0 Å². The van der Waals surface area contributed by atoms with Crippen molar-refractivity contribution >= 4 is 29.9 Å². The molecule has 2 N–H and O–H groups in total. The van der Waals surface area contributed by atoms with Crippen LogP contribution in [0.4, 0.5) is 0 Å². The molecule has 0 saturated heterocycles. The minimum Gasteiger partial charge on any atom is -0.487 e. The van der Waals surface area contributed by atoms with Crippen LogP contribution in [0.3, 0.4) is 0 Å². The average molecular weight is 502 g/mol. The summed E-state index contributed by atoms with van der Waals surface area (Å²) in [6.45, 7) is 3.94. The second-order valence-electron chi connectivity index (χ2n) is 6.53. The molecule has 0 spiro atoms. The zero-order valence-corrected chi connectivity index (χ0v) is 19.1. The minimum absolute atomic E-state index is 0. The maximum atomic E-state index is 5.85. The Hall–Kier alpha value is -2.61. The third-order valence-corrected chi connectivity index (χ3v) is 4.24. The molecule has 0 bridgehead atoms. The normalized spacial score (nSPS) is 10.8. The summed E-state index contributed by atoms with van der Waals surface area (Å²) in [5, 5.41) is 6.69. The number of hydrogen-bond donors (Lipinski definition) is 2. The number of guanidine groups is 1. The van der Waals surface area contributed by atoms with Crippen LogP contribution in [0.2, 0.25) is 0 Å². The van der Waals surface area contributed by atoms with Crippen LogP contribution in [0.5, 0.6) is 5.75 Å². The second-order valence-corrected chi connectivity index (χ2v) is 6.53. The Labute approximate surface area is 189 Å². The number of nitrogens with one attached hydrogen (secondary N) is 2. The van der Waals surface area contributed by atoms with Crippen LogP contribution in [0.15, 0.2) is 77.9 Å². The number of aliphatic imine (C=N–C) groups is 1. The highest BCUT2D eigenvalue weighted by Gasteiger charge is 2.02. The molecule has 0 radical (unpaired) electrons. The zero-order chi connectivity index (χ0) is 19.6. The van der Waals surface area contributed by atoms with Crippen molar-refractivity contribution in [2.24, 2.45) is 4.99 Å². The molecule has 1 heterocycles. The van der Waals surface area contributed by atoms with Crippen molar-refractivity contribution < 1.29 is 4.74 Å². The molecule has 0 aliphatic rings. The predicted octanol–water partition coefficient (Wildman–Crippen LogP) is 4.45. The van der Waals surface area contributed by atoms with Gasteiger partial charge in [-0.2, -0.15) is 0 Å². The summed E-state index contributed by atoms with van der Waals surface area (Å²) in [6, 6.07) is 22.3. The monoisotopic (exact) mass is 502 g/mol. The molecule has 6 heteroatoms. The molecule has 0 atom stereocenters. The number of pyridine rings is 1. The highest BCUT2D eigenvalue weighted by Crippen LogP contribution is 2.14. The van der Waals surface area contributed by atoms with E-state index in [2.05, 4.69) is 57.9 Å². The molecule has 1 aromatic heterocycles. The van der Waals surface area contributed by atoms with Gasteiger partial charge < -0.3 is 15.4 Å². The lowest BCUT2D eigenvalue weighted by molar-refractivity contribution is 0.301. The number of benzene rings is 2. The molecule has 3 rings (SSSR count). The van der Waals surface area contributed by atoms with E-state index < -0.39 is 0 Å². The third-order valence-electron chi connectivity index (χ3n) is 4.24. The van der Waals surface area contributed by atoms with Crippen LogP contribution in [-0.4, -0.2) is 18.0 Å². The van der Waals surface area contributed by atoms with Crippen molar-refractivity contribution in [3.05, 3.63) is 95.3 Å². The molecule has 0 unspecified atom stereocenters. The van der Waals surface area contributed by atoms with E-state index in [0.717, 1.165) is 29.5 Å². The third kappa shape index (κ3) is 7.73. The predicted molar refractivity (Wildman–Crippen MR) is 129 cm³/mol. The Bertz CT molecular complexity index is 916. The molecule has 5 nitrogen and oxygen atoms in total. The summed E-state index contributed by atoms with van der Waals surface area (Å²) in [5.74, 6) is 1.59. The van der Waals surface area contributed by atoms with Crippen LogP contribution in [0.1, 0.15) is 22.4 Å². The van der Waals surface area contributed by atoms with E-state index >= 15 is 0 Å². The van der Waals surface area contributed by atoms with E-state index in [9.17, 15) is 0 Å². The molecular formula is C23H27IN4O. The van der Waals surface area contributed by atoms with E-state index in [0.29, 0.717) is 13.2 Å². The first-order valence-electron chi connectivity index (χ1n) is 9.34. The first-order chi connectivity index (χ1) is 13.7. The molecular weight excluding hydrogens is 475 g/mol. The van der Waals surface area contributed by atoms with Crippen LogP contribution in [0.25, 0.3) is 0 Å². The summed E-state index contributed by atoms with van der Waals surface area (Å²) >= 11 is 0. The molecule has 2 aromatic carbocycles. The van der Waals surface area contributed by atoms with E-state index in [1.54, 1.807) is 13.2 Å². The van der Waals surface area contributed by atoms with Crippen molar-refractivity contribution in [3.63, 3.8) is 0 Å². The zero-order valence-electron chi connectivity index (χ0n) is 16.8. The van der Waals surface area contributed by atoms with Crippen LogP contribution in [-0.2, 0) is 19.7 Å². The Morgan fingerprint density at radius 1 is 0.931 bits per heavy atom. The van der Waals surface area contributed by atoms with Gasteiger partial charge in [-0.15, -0.1) is 24.0 Å². The van der Waals surface area contributed by atoms with Crippen LogP contribution in [0, 0.1) is 6.92 Å². The summed E-state index contributed by atoms with van der Waals surface area (Å²) in [4.78, 5) is 8.57. The van der Waals surface area contributed by atoms with Gasteiger partial charge in [-0.25, -0.2) is 0 Å². The smallest absolute Gasteiger partial charge is 0.191 e. The summed E-state index contributed by atoms with van der Waals surface area (Å²) in [6.07, 6.45) is 1.77. The second kappa shape index (κ2) is 12.1. The highest BCUT2D eigenvalue weighted by molar-refractivity contribution is 14.0. The van der Waals surface area contributed by atoms with Crippen molar-refractivity contribution in [2.45, 2.75) is 26.6 Å². The molecule has 0 fully saturated rings. The number of rotatable bonds is 7. The number of hydrogen-bond acceptors (Lipinski definition) is 3. The van der Waals surface area contributed by atoms with Crippen molar-refractivity contribution in [1.29, 1.82) is 0 Å². The molecule has 0 aliphatic carbocycles. The standard InChI is InChI=1S/C23H26N4O.HI/c1-18-7-5-8-19(13-18)15-26-23(24-2)27-16-20-9-6-11-22(14-20)28-17-21-10-3-4-12-25-21;/h3-14H,15-17H2,1-2H3,(H2,24,26,27);1H. The van der Waals surface area contributed by atoms with Crippen molar-refractivity contribution in [2.75, 3.05) is 7.05 Å². The number of ether oxygens (including phenoxy) is 1. The Kier molecular flexibility index (Phi) is 9.43. The van der Waals surface area contributed by atoms with Gasteiger partial charge in [0, 0.05) is 26.3 Å². The Morgan fingerprint density at radius 2 is 1.66 bits per heavy atom. The van der Waals surface area contributed by atoms with Gasteiger partial charge in [-0.05, 0) is 42.3 Å². The van der Waals surface area contributed by atoms with Crippen molar-refractivity contribution in [3.8, 4) is 5.75 Å². The highest BCUT2D eigenvalue weighted by atomic mass is 127. The molecule has 0 saturated carbocycles. The van der Waals surface area contributed by atoms with Crippen LogP contribution < -0.4 is 15.4 Å². The molecule has 3 aromatic rings.